The Hall–Kier alpha value is -2.03. The molecule has 3 nitrogen and oxygen atoms in total. The van der Waals surface area contributed by atoms with Gasteiger partial charge in [-0.2, -0.15) is 0 Å². The molecule has 0 atom stereocenters. The fraction of sp³-hybridized carbons (Fsp3) is 0.267. The standard InChI is InChI=1S/C15H20N2O/c1-6-9-15(18)17(5)11-12-10-16(4)14(8-3)13(12)7-2/h6-10H,2-3,11H2,1,4-5H3/b9-6+. The van der Waals surface area contributed by atoms with Crippen LogP contribution in [0.15, 0.2) is 31.5 Å². The van der Waals surface area contributed by atoms with E-state index in [1.54, 1.807) is 36.3 Å². The van der Waals surface area contributed by atoms with Crippen molar-refractivity contribution in [3.63, 3.8) is 0 Å². The SMILES string of the molecule is C=Cc1c(CN(C)C(=O)/C=C/C)cn(C)c1C=C. The van der Waals surface area contributed by atoms with Crippen molar-refractivity contribution in [3.8, 4) is 0 Å². The molecule has 0 saturated carbocycles. The topological polar surface area (TPSA) is 25.2 Å². The van der Waals surface area contributed by atoms with E-state index in [9.17, 15) is 4.79 Å². The van der Waals surface area contributed by atoms with E-state index in [-0.39, 0.29) is 5.91 Å². The van der Waals surface area contributed by atoms with Crippen molar-refractivity contribution in [2.24, 2.45) is 7.05 Å². The molecule has 18 heavy (non-hydrogen) atoms. The Morgan fingerprint density at radius 3 is 2.61 bits per heavy atom. The van der Waals surface area contributed by atoms with Gasteiger partial charge in [0.1, 0.15) is 0 Å². The zero-order valence-electron chi connectivity index (χ0n) is 11.3. The van der Waals surface area contributed by atoms with Crippen LogP contribution in [0.25, 0.3) is 12.2 Å². The van der Waals surface area contributed by atoms with Crippen molar-refractivity contribution in [1.29, 1.82) is 0 Å². The van der Waals surface area contributed by atoms with Gasteiger partial charge >= 0.3 is 0 Å². The molecule has 1 aromatic heterocycles. The van der Waals surface area contributed by atoms with Crippen LogP contribution in [0.3, 0.4) is 0 Å². The molecular formula is C15H20N2O. The summed E-state index contributed by atoms with van der Waals surface area (Å²) in [5, 5.41) is 0. The lowest BCUT2D eigenvalue weighted by atomic mass is 10.1. The van der Waals surface area contributed by atoms with Gasteiger partial charge in [-0.25, -0.2) is 0 Å². The van der Waals surface area contributed by atoms with Gasteiger partial charge in [-0.1, -0.05) is 25.3 Å². The van der Waals surface area contributed by atoms with Crippen LogP contribution in [-0.4, -0.2) is 22.4 Å². The monoisotopic (exact) mass is 244 g/mol. The van der Waals surface area contributed by atoms with E-state index in [1.165, 1.54) is 0 Å². The fourth-order valence-corrected chi connectivity index (χ4v) is 1.95. The number of rotatable bonds is 5. The highest BCUT2D eigenvalue weighted by molar-refractivity contribution is 5.87. The number of likely N-dealkylation sites (N-methyl/N-ethyl adjacent to an activating group) is 1. The maximum atomic E-state index is 11.7. The number of hydrogen-bond donors (Lipinski definition) is 0. The second kappa shape index (κ2) is 6.05. The average Bonchev–Trinajstić information content (AvgIpc) is 2.64. The number of carbonyl (C=O) groups is 1. The zero-order valence-corrected chi connectivity index (χ0v) is 11.3. The van der Waals surface area contributed by atoms with Gasteiger partial charge in [-0.3, -0.25) is 4.79 Å². The summed E-state index contributed by atoms with van der Waals surface area (Å²) in [5.74, 6) is -0.00322. The lowest BCUT2D eigenvalue weighted by molar-refractivity contribution is -0.125. The van der Waals surface area contributed by atoms with Crippen molar-refractivity contribution in [1.82, 2.24) is 9.47 Å². The minimum Gasteiger partial charge on any atom is -0.350 e. The smallest absolute Gasteiger partial charge is 0.246 e. The second-order valence-corrected chi connectivity index (χ2v) is 4.17. The summed E-state index contributed by atoms with van der Waals surface area (Å²) >= 11 is 0. The molecule has 1 rings (SSSR count). The molecule has 3 heteroatoms. The van der Waals surface area contributed by atoms with Gasteiger partial charge in [0.15, 0.2) is 0 Å². The number of nitrogens with zero attached hydrogens (tertiary/aromatic N) is 2. The molecule has 0 aliphatic rings. The maximum absolute atomic E-state index is 11.7. The molecule has 0 N–H and O–H groups in total. The first-order valence-electron chi connectivity index (χ1n) is 5.86. The van der Waals surface area contributed by atoms with Gasteiger partial charge in [0.25, 0.3) is 0 Å². The highest BCUT2D eigenvalue weighted by Gasteiger charge is 2.12. The molecular weight excluding hydrogens is 224 g/mol. The van der Waals surface area contributed by atoms with Gasteiger partial charge in [-0.15, -0.1) is 0 Å². The van der Waals surface area contributed by atoms with Crippen LogP contribution in [-0.2, 0) is 18.4 Å². The fourth-order valence-electron chi connectivity index (χ4n) is 1.95. The van der Waals surface area contributed by atoms with Crippen molar-refractivity contribution < 1.29 is 4.79 Å². The van der Waals surface area contributed by atoms with Crippen molar-refractivity contribution in [3.05, 3.63) is 48.3 Å². The summed E-state index contributed by atoms with van der Waals surface area (Å²) < 4.78 is 1.99. The number of carbonyl (C=O) groups excluding carboxylic acids is 1. The molecule has 0 radical (unpaired) electrons. The quantitative estimate of drug-likeness (QED) is 0.731. The number of allylic oxidation sites excluding steroid dienone is 1. The highest BCUT2D eigenvalue weighted by Crippen LogP contribution is 2.20. The molecule has 0 aliphatic heterocycles. The average molecular weight is 244 g/mol. The van der Waals surface area contributed by atoms with Crippen LogP contribution in [0.2, 0.25) is 0 Å². The van der Waals surface area contributed by atoms with Gasteiger partial charge in [-0.05, 0) is 24.6 Å². The van der Waals surface area contributed by atoms with E-state index >= 15 is 0 Å². The lowest BCUT2D eigenvalue weighted by Gasteiger charge is -2.14. The second-order valence-electron chi connectivity index (χ2n) is 4.17. The van der Waals surface area contributed by atoms with Crippen LogP contribution < -0.4 is 0 Å². The molecule has 0 bridgehead atoms. The van der Waals surface area contributed by atoms with Crippen LogP contribution in [0.1, 0.15) is 23.7 Å². The van der Waals surface area contributed by atoms with Gasteiger partial charge in [0.05, 0.1) is 0 Å². The Kier molecular flexibility index (Phi) is 4.72. The van der Waals surface area contributed by atoms with Crippen molar-refractivity contribution >= 4 is 18.1 Å². The highest BCUT2D eigenvalue weighted by atomic mass is 16.2. The van der Waals surface area contributed by atoms with Gasteiger partial charge in [0.2, 0.25) is 5.91 Å². The van der Waals surface area contributed by atoms with Crippen LogP contribution in [0, 0.1) is 0 Å². The normalized spacial score (nSPS) is 10.6. The van der Waals surface area contributed by atoms with Crippen LogP contribution >= 0.6 is 0 Å². The third-order valence-electron chi connectivity index (χ3n) is 2.84. The number of amides is 1. The number of aryl methyl sites for hydroxylation is 1. The third-order valence-corrected chi connectivity index (χ3v) is 2.84. The largest absolute Gasteiger partial charge is 0.350 e. The first-order valence-corrected chi connectivity index (χ1v) is 5.86. The van der Waals surface area contributed by atoms with E-state index in [0.717, 1.165) is 16.8 Å². The maximum Gasteiger partial charge on any atom is 0.246 e. The molecule has 0 unspecified atom stereocenters. The predicted octanol–water partition coefficient (Wildman–Crippen LogP) is 2.85. The Morgan fingerprint density at radius 1 is 1.44 bits per heavy atom. The molecule has 1 heterocycles. The third kappa shape index (κ3) is 2.80. The molecule has 0 fully saturated rings. The Morgan fingerprint density at radius 2 is 2.11 bits per heavy atom. The minimum absolute atomic E-state index is 0.00322. The molecule has 1 amide bonds. The zero-order chi connectivity index (χ0) is 13.7. The predicted molar refractivity (Wildman–Crippen MR) is 76.9 cm³/mol. The van der Waals surface area contributed by atoms with Crippen LogP contribution in [0.5, 0.6) is 0 Å². The van der Waals surface area contributed by atoms with Gasteiger partial charge in [0, 0.05) is 38.1 Å². The van der Waals surface area contributed by atoms with Crippen molar-refractivity contribution in [2.75, 3.05) is 7.05 Å². The Balaban J connectivity index is 3.01. The summed E-state index contributed by atoms with van der Waals surface area (Å²) in [5.41, 5.74) is 3.13. The summed E-state index contributed by atoms with van der Waals surface area (Å²) in [6.45, 7) is 10.0. The first kappa shape index (κ1) is 14.0. The Bertz CT molecular complexity index is 495. The van der Waals surface area contributed by atoms with E-state index in [4.69, 9.17) is 0 Å². The molecule has 96 valence electrons. The summed E-state index contributed by atoms with van der Waals surface area (Å²) in [7, 11) is 3.75. The number of aromatic nitrogens is 1. The van der Waals surface area contributed by atoms with Crippen LogP contribution in [0.4, 0.5) is 0 Å². The van der Waals surface area contributed by atoms with E-state index in [1.807, 2.05) is 24.7 Å². The molecule has 0 spiro atoms. The lowest BCUT2D eigenvalue weighted by Crippen LogP contribution is -2.24. The minimum atomic E-state index is -0.00322. The van der Waals surface area contributed by atoms with Gasteiger partial charge < -0.3 is 9.47 Å². The van der Waals surface area contributed by atoms with E-state index in [2.05, 4.69) is 13.2 Å². The Labute approximate surface area is 109 Å². The van der Waals surface area contributed by atoms with E-state index < -0.39 is 0 Å². The first-order chi connectivity index (χ1) is 8.54. The molecule has 0 saturated heterocycles. The molecule has 0 aliphatic carbocycles. The molecule has 1 aromatic rings. The number of hydrogen-bond acceptors (Lipinski definition) is 1. The molecule has 0 aromatic carbocycles. The van der Waals surface area contributed by atoms with Crippen molar-refractivity contribution in [2.45, 2.75) is 13.5 Å². The summed E-state index contributed by atoms with van der Waals surface area (Å²) in [4.78, 5) is 13.4. The summed E-state index contributed by atoms with van der Waals surface area (Å²) in [6.07, 6.45) is 8.92. The summed E-state index contributed by atoms with van der Waals surface area (Å²) in [6, 6.07) is 0. The van der Waals surface area contributed by atoms with E-state index in [0.29, 0.717) is 6.54 Å².